The van der Waals surface area contributed by atoms with E-state index in [0.717, 1.165) is 30.3 Å². The van der Waals surface area contributed by atoms with E-state index in [2.05, 4.69) is 42.8 Å². The highest BCUT2D eigenvalue weighted by molar-refractivity contribution is 9.08. The average Bonchev–Trinajstić information content (AvgIpc) is 3.24. The Kier molecular flexibility index (Phi) is 3.34. The van der Waals surface area contributed by atoms with Gasteiger partial charge < -0.3 is 4.90 Å². The number of piperazine rings is 1. The number of hydrogen-bond acceptors (Lipinski definition) is 3. The van der Waals surface area contributed by atoms with Crippen LogP contribution in [0, 0.1) is 0 Å². The second-order valence-electron chi connectivity index (χ2n) is 4.91. The van der Waals surface area contributed by atoms with E-state index >= 15 is 0 Å². The summed E-state index contributed by atoms with van der Waals surface area (Å²) < 4.78 is 0. The highest BCUT2D eigenvalue weighted by atomic mass is 79.9. The van der Waals surface area contributed by atoms with Gasteiger partial charge in [0.05, 0.1) is 0 Å². The van der Waals surface area contributed by atoms with E-state index in [-0.39, 0.29) is 0 Å². The van der Waals surface area contributed by atoms with Crippen LogP contribution in [0.2, 0.25) is 0 Å². The first-order valence-corrected chi connectivity index (χ1v) is 7.49. The van der Waals surface area contributed by atoms with Crippen molar-refractivity contribution in [1.29, 1.82) is 0 Å². The zero-order chi connectivity index (χ0) is 11.7. The number of rotatable bonds is 3. The van der Waals surface area contributed by atoms with Crippen molar-refractivity contribution in [2.24, 2.45) is 0 Å². The van der Waals surface area contributed by atoms with Crippen LogP contribution in [0.15, 0.2) is 18.3 Å². The molecule has 1 saturated carbocycles. The molecule has 0 aromatic carbocycles. The third-order valence-electron chi connectivity index (χ3n) is 3.66. The lowest BCUT2D eigenvalue weighted by molar-refractivity contribution is 0.247. The van der Waals surface area contributed by atoms with Gasteiger partial charge in [0.1, 0.15) is 5.82 Å². The monoisotopic (exact) mass is 295 g/mol. The molecule has 92 valence electrons. The van der Waals surface area contributed by atoms with Crippen LogP contribution in [0.25, 0.3) is 0 Å². The van der Waals surface area contributed by atoms with Crippen LogP contribution in [0.4, 0.5) is 5.82 Å². The van der Waals surface area contributed by atoms with E-state index in [9.17, 15) is 0 Å². The van der Waals surface area contributed by atoms with Crippen LogP contribution >= 0.6 is 15.9 Å². The minimum absolute atomic E-state index is 0.885. The van der Waals surface area contributed by atoms with E-state index < -0.39 is 0 Å². The summed E-state index contributed by atoms with van der Waals surface area (Å²) in [6, 6.07) is 5.20. The molecule has 2 aliphatic rings. The molecule has 2 heterocycles. The fourth-order valence-electron chi connectivity index (χ4n) is 2.44. The lowest BCUT2D eigenvalue weighted by Gasteiger charge is -2.35. The van der Waals surface area contributed by atoms with Crippen LogP contribution in [0.1, 0.15) is 18.4 Å². The molecular weight excluding hydrogens is 278 g/mol. The molecule has 1 aromatic rings. The fourth-order valence-corrected chi connectivity index (χ4v) is 2.77. The molecule has 1 aromatic heterocycles. The smallest absolute Gasteiger partial charge is 0.128 e. The van der Waals surface area contributed by atoms with E-state index in [1.807, 2.05) is 6.20 Å². The van der Waals surface area contributed by atoms with Crippen molar-refractivity contribution in [1.82, 2.24) is 9.88 Å². The Labute approximate surface area is 111 Å². The Morgan fingerprint density at radius 3 is 2.47 bits per heavy atom. The fraction of sp³-hybridized carbons (Fsp3) is 0.615. The van der Waals surface area contributed by atoms with Crippen molar-refractivity contribution in [3.05, 3.63) is 23.9 Å². The van der Waals surface area contributed by atoms with Gasteiger partial charge >= 0.3 is 0 Å². The maximum atomic E-state index is 4.54. The number of alkyl halides is 1. The van der Waals surface area contributed by atoms with Crippen molar-refractivity contribution < 1.29 is 0 Å². The summed E-state index contributed by atoms with van der Waals surface area (Å²) in [5.74, 6) is 1.13. The first-order chi connectivity index (χ1) is 8.36. The van der Waals surface area contributed by atoms with Crippen LogP contribution in [0.5, 0.6) is 0 Å². The minimum Gasteiger partial charge on any atom is -0.354 e. The highest BCUT2D eigenvalue weighted by Crippen LogP contribution is 2.28. The summed E-state index contributed by atoms with van der Waals surface area (Å²) in [7, 11) is 0. The number of pyridine rings is 1. The summed E-state index contributed by atoms with van der Waals surface area (Å²) >= 11 is 3.45. The lowest BCUT2D eigenvalue weighted by Crippen LogP contribution is -2.47. The molecule has 3 nitrogen and oxygen atoms in total. The van der Waals surface area contributed by atoms with Crippen molar-refractivity contribution >= 4 is 21.7 Å². The van der Waals surface area contributed by atoms with Crippen molar-refractivity contribution in [3.63, 3.8) is 0 Å². The van der Waals surface area contributed by atoms with Gasteiger partial charge in [0.15, 0.2) is 0 Å². The molecule has 0 N–H and O–H groups in total. The van der Waals surface area contributed by atoms with E-state index in [1.165, 1.54) is 31.5 Å². The standard InChI is InChI=1S/C13H18BrN3/c14-9-11-1-4-13(15-10-11)17-7-5-16(6-8-17)12-2-3-12/h1,4,10,12H,2-3,5-9H2. The molecule has 2 fully saturated rings. The predicted molar refractivity (Wildman–Crippen MR) is 73.7 cm³/mol. The third kappa shape index (κ3) is 2.63. The molecule has 1 saturated heterocycles. The zero-order valence-corrected chi connectivity index (χ0v) is 11.6. The molecule has 3 rings (SSSR count). The highest BCUT2D eigenvalue weighted by Gasteiger charge is 2.31. The zero-order valence-electron chi connectivity index (χ0n) is 9.98. The Hall–Kier alpha value is -0.610. The normalized spacial score (nSPS) is 21.8. The number of halogens is 1. The van der Waals surface area contributed by atoms with E-state index in [0.29, 0.717) is 0 Å². The molecule has 0 atom stereocenters. The van der Waals surface area contributed by atoms with Gasteiger partial charge in [-0.3, -0.25) is 4.90 Å². The van der Waals surface area contributed by atoms with E-state index in [4.69, 9.17) is 0 Å². The van der Waals surface area contributed by atoms with Gasteiger partial charge in [-0.05, 0) is 24.5 Å². The Balaban J connectivity index is 1.60. The van der Waals surface area contributed by atoms with Gasteiger partial charge in [0.2, 0.25) is 0 Å². The largest absolute Gasteiger partial charge is 0.354 e. The number of aromatic nitrogens is 1. The van der Waals surface area contributed by atoms with Crippen molar-refractivity contribution in [2.45, 2.75) is 24.2 Å². The van der Waals surface area contributed by atoms with Crippen LogP contribution in [0.3, 0.4) is 0 Å². The molecule has 0 spiro atoms. The molecular formula is C13H18BrN3. The van der Waals surface area contributed by atoms with Gasteiger partial charge in [-0.25, -0.2) is 4.98 Å². The summed E-state index contributed by atoms with van der Waals surface area (Å²) in [5, 5.41) is 0.885. The molecule has 1 aliphatic heterocycles. The molecule has 0 bridgehead atoms. The SMILES string of the molecule is BrCc1ccc(N2CCN(C3CC3)CC2)nc1. The van der Waals surface area contributed by atoms with Crippen LogP contribution in [-0.2, 0) is 5.33 Å². The maximum absolute atomic E-state index is 4.54. The average molecular weight is 296 g/mol. The van der Waals surface area contributed by atoms with Gasteiger partial charge in [-0.15, -0.1) is 0 Å². The first-order valence-electron chi connectivity index (χ1n) is 6.37. The number of nitrogens with zero attached hydrogens (tertiary/aromatic N) is 3. The minimum atomic E-state index is 0.885. The van der Waals surface area contributed by atoms with Gasteiger partial charge in [-0.1, -0.05) is 22.0 Å². The molecule has 0 radical (unpaired) electrons. The maximum Gasteiger partial charge on any atom is 0.128 e. The summed E-state index contributed by atoms with van der Waals surface area (Å²) in [6.07, 6.45) is 4.80. The van der Waals surface area contributed by atoms with Crippen molar-refractivity contribution in [2.75, 3.05) is 31.1 Å². The Bertz CT molecular complexity index is 367. The summed E-state index contributed by atoms with van der Waals surface area (Å²) in [6.45, 7) is 4.65. The molecule has 17 heavy (non-hydrogen) atoms. The number of anilines is 1. The molecule has 0 unspecified atom stereocenters. The molecule has 1 aliphatic carbocycles. The van der Waals surface area contributed by atoms with Gasteiger partial charge in [-0.2, -0.15) is 0 Å². The summed E-state index contributed by atoms with van der Waals surface area (Å²) in [5.41, 5.74) is 1.24. The Morgan fingerprint density at radius 2 is 1.94 bits per heavy atom. The van der Waals surface area contributed by atoms with Crippen LogP contribution in [-0.4, -0.2) is 42.1 Å². The second kappa shape index (κ2) is 4.94. The summed E-state index contributed by atoms with van der Waals surface area (Å²) in [4.78, 5) is 9.56. The lowest BCUT2D eigenvalue weighted by atomic mass is 10.2. The quantitative estimate of drug-likeness (QED) is 0.798. The van der Waals surface area contributed by atoms with Gasteiger partial charge in [0.25, 0.3) is 0 Å². The Morgan fingerprint density at radius 1 is 1.18 bits per heavy atom. The third-order valence-corrected chi connectivity index (χ3v) is 4.31. The van der Waals surface area contributed by atoms with E-state index in [1.54, 1.807) is 0 Å². The van der Waals surface area contributed by atoms with Gasteiger partial charge in [0, 0.05) is 43.7 Å². The topological polar surface area (TPSA) is 19.4 Å². The number of hydrogen-bond donors (Lipinski definition) is 0. The van der Waals surface area contributed by atoms with Crippen LogP contribution < -0.4 is 4.90 Å². The molecule has 4 heteroatoms. The molecule has 0 amide bonds. The van der Waals surface area contributed by atoms with Crippen molar-refractivity contribution in [3.8, 4) is 0 Å². The first kappa shape index (κ1) is 11.5. The second-order valence-corrected chi connectivity index (χ2v) is 5.47. The predicted octanol–water partition coefficient (Wildman–Crippen LogP) is 2.26.